The number of rotatable bonds is 15. The lowest BCUT2D eigenvalue weighted by Crippen LogP contribution is -2.54. The summed E-state index contributed by atoms with van der Waals surface area (Å²) < 4.78 is 50.8. The zero-order valence-corrected chi connectivity index (χ0v) is 25.3. The van der Waals surface area contributed by atoms with Crippen LogP contribution in [0.25, 0.3) is 10.8 Å². The summed E-state index contributed by atoms with van der Waals surface area (Å²) in [6.07, 6.45) is -3.19. The number of fused-ring (bicyclic) bond motifs is 1. The minimum Gasteiger partial charge on any atom is -0.480 e. The van der Waals surface area contributed by atoms with E-state index in [1.807, 2.05) is 66.7 Å². The molecular formula is C33H40F4N4O4. The molecule has 12 heteroatoms. The molecule has 0 aliphatic rings. The first-order valence-corrected chi connectivity index (χ1v) is 14.4. The summed E-state index contributed by atoms with van der Waals surface area (Å²) in [5.41, 5.74) is 8.50. The Balaban J connectivity index is 0.000000314. The zero-order valence-electron chi connectivity index (χ0n) is 25.3. The van der Waals surface area contributed by atoms with Crippen molar-refractivity contribution in [1.82, 2.24) is 0 Å². The van der Waals surface area contributed by atoms with Crippen molar-refractivity contribution in [1.29, 1.82) is 0 Å². The second-order valence-corrected chi connectivity index (χ2v) is 11.0. The smallest absolute Gasteiger partial charge is 0.329 e. The van der Waals surface area contributed by atoms with E-state index in [0.29, 0.717) is 5.92 Å². The van der Waals surface area contributed by atoms with Gasteiger partial charge in [-0.15, -0.1) is 0 Å². The van der Waals surface area contributed by atoms with Crippen molar-refractivity contribution in [3.63, 3.8) is 0 Å². The Morgan fingerprint density at radius 3 is 1.62 bits per heavy atom. The van der Waals surface area contributed by atoms with Crippen molar-refractivity contribution in [2.45, 2.75) is 69.4 Å². The molecule has 0 radical (unpaired) electrons. The van der Waals surface area contributed by atoms with Gasteiger partial charge in [0.05, 0.1) is 0 Å². The maximum absolute atomic E-state index is 12.7. The van der Waals surface area contributed by atoms with Gasteiger partial charge in [-0.1, -0.05) is 74.5 Å². The summed E-state index contributed by atoms with van der Waals surface area (Å²) in [4.78, 5) is 29.9. The molecule has 2 atom stereocenters. The van der Waals surface area contributed by atoms with Gasteiger partial charge >= 0.3 is 11.9 Å². The van der Waals surface area contributed by atoms with Crippen LogP contribution in [0, 0.1) is 0 Å². The van der Waals surface area contributed by atoms with E-state index in [0.717, 1.165) is 21.9 Å². The van der Waals surface area contributed by atoms with Crippen LogP contribution in [-0.4, -0.2) is 71.6 Å². The van der Waals surface area contributed by atoms with Crippen LogP contribution in [0.1, 0.15) is 62.1 Å². The number of benzene rings is 3. The average molecular weight is 633 g/mol. The minimum atomic E-state index is -3.11. The molecule has 0 fully saturated rings. The van der Waals surface area contributed by atoms with Crippen LogP contribution in [0.4, 0.5) is 17.6 Å². The fourth-order valence-electron chi connectivity index (χ4n) is 4.14. The minimum absolute atomic E-state index is 0.178. The van der Waals surface area contributed by atoms with E-state index in [4.69, 9.17) is 21.7 Å². The molecule has 0 heterocycles. The van der Waals surface area contributed by atoms with Gasteiger partial charge in [0.1, 0.15) is 0 Å². The van der Waals surface area contributed by atoms with Gasteiger partial charge in [-0.25, -0.2) is 27.2 Å². The quantitative estimate of drug-likeness (QED) is 0.0897. The Kier molecular flexibility index (Phi) is 14.3. The van der Waals surface area contributed by atoms with Gasteiger partial charge in [-0.2, -0.15) is 0 Å². The molecule has 0 amide bonds. The molecular weight excluding hydrogens is 592 g/mol. The topological polar surface area (TPSA) is 151 Å². The molecule has 8 nitrogen and oxygen atoms in total. The highest BCUT2D eigenvalue weighted by Crippen LogP contribution is 2.21. The number of hydrogen-bond acceptors (Lipinski definition) is 6. The van der Waals surface area contributed by atoms with Gasteiger partial charge in [0.25, 0.3) is 12.9 Å². The van der Waals surface area contributed by atoms with Gasteiger partial charge < -0.3 is 21.7 Å². The molecule has 0 bridgehead atoms. The monoisotopic (exact) mass is 632 g/mol. The molecule has 0 aliphatic heterocycles. The second kappa shape index (κ2) is 17.4. The molecule has 0 aliphatic carbocycles. The second-order valence-electron chi connectivity index (χ2n) is 11.0. The first-order chi connectivity index (χ1) is 21.2. The van der Waals surface area contributed by atoms with Crippen LogP contribution >= 0.6 is 0 Å². The molecule has 3 aromatic carbocycles. The van der Waals surface area contributed by atoms with E-state index < -0.39 is 35.9 Å². The molecule has 2 unspecified atom stereocenters. The van der Waals surface area contributed by atoms with Crippen LogP contribution in [-0.2, 0) is 9.59 Å². The lowest BCUT2D eigenvalue weighted by atomic mass is 9.95. The number of aliphatic carboxylic acids is 2. The Morgan fingerprint density at radius 1 is 0.733 bits per heavy atom. The number of carboxylic acid groups (broad SMARTS) is 2. The molecule has 3 aromatic rings. The molecule has 3 rings (SSSR count). The molecule has 244 valence electrons. The van der Waals surface area contributed by atoms with Crippen LogP contribution < -0.4 is 11.5 Å². The van der Waals surface area contributed by atoms with E-state index in [1.165, 1.54) is 5.56 Å². The third kappa shape index (κ3) is 11.1. The van der Waals surface area contributed by atoms with Gasteiger partial charge in [-0.3, -0.25) is 9.98 Å². The maximum Gasteiger partial charge on any atom is 0.329 e. The highest BCUT2D eigenvalue weighted by atomic mass is 19.3. The number of hydrogen-bond donors (Lipinski definition) is 4. The predicted octanol–water partition coefficient (Wildman–Crippen LogP) is 6.14. The van der Waals surface area contributed by atoms with Crippen molar-refractivity contribution in [3.8, 4) is 0 Å². The highest BCUT2D eigenvalue weighted by Gasteiger charge is 2.43. The first kappa shape index (κ1) is 37.0. The highest BCUT2D eigenvalue weighted by molar-refractivity contribution is 5.90. The molecule has 0 spiro atoms. The van der Waals surface area contributed by atoms with E-state index >= 15 is 0 Å². The number of carbonyl (C=O) groups is 2. The number of nitrogens with two attached hydrogens (primary N) is 2. The van der Waals surface area contributed by atoms with Crippen molar-refractivity contribution < 1.29 is 37.4 Å². The fraction of sp³-hybridized carbons (Fsp3) is 0.394. The Hall–Kier alpha value is -4.16. The summed E-state index contributed by atoms with van der Waals surface area (Å²) in [5.74, 6) is -2.92. The number of alkyl halides is 4. The van der Waals surface area contributed by atoms with E-state index in [9.17, 15) is 27.2 Å². The molecule has 6 N–H and O–H groups in total. The van der Waals surface area contributed by atoms with Crippen LogP contribution in [0.3, 0.4) is 0 Å². The van der Waals surface area contributed by atoms with E-state index in [1.54, 1.807) is 12.4 Å². The normalized spacial score (nSPS) is 14.6. The van der Waals surface area contributed by atoms with Crippen LogP contribution in [0.2, 0.25) is 0 Å². The Bertz CT molecular complexity index is 1450. The molecule has 0 aromatic heterocycles. The summed E-state index contributed by atoms with van der Waals surface area (Å²) in [5, 5.41) is 19.8. The van der Waals surface area contributed by atoms with Crippen molar-refractivity contribution in [2.24, 2.45) is 21.5 Å². The maximum atomic E-state index is 12.7. The fourth-order valence-corrected chi connectivity index (χ4v) is 4.14. The number of nitrogens with zero attached hydrogens (tertiary/aromatic N) is 2. The average Bonchev–Trinajstić information content (AvgIpc) is 3.00. The van der Waals surface area contributed by atoms with Crippen molar-refractivity contribution in [3.05, 3.63) is 83.4 Å². The molecule has 45 heavy (non-hydrogen) atoms. The Labute approximate surface area is 259 Å². The lowest BCUT2D eigenvalue weighted by molar-refractivity contribution is -0.151. The first-order valence-electron chi connectivity index (χ1n) is 14.4. The van der Waals surface area contributed by atoms with Crippen molar-refractivity contribution in [2.75, 3.05) is 13.1 Å². The standard InChI is InChI=1S/C17H18F2N2O2.C16H22F2N2O2/c18-15(19)17(20,16(22)23)8-3-9-21-11-12-6-7-13-4-1-2-5-14(13)10-12;1-11(2)13-6-4-12(5-7-13)10-20-9-3-8-16(19,14(17)18)15(21)22/h1-2,4-7,10-11,15H,3,8-9,20H2,(H,22,23);4-7,10-11,14H,3,8-9,19H2,1-2H3,(H,21,22). The summed E-state index contributed by atoms with van der Waals surface area (Å²) >= 11 is 0. The van der Waals surface area contributed by atoms with Gasteiger partial charge in [0.15, 0.2) is 11.1 Å². The number of halogens is 4. The summed E-state index contributed by atoms with van der Waals surface area (Å²) in [7, 11) is 0. The Morgan fingerprint density at radius 2 is 1.18 bits per heavy atom. The SMILES string of the molecule is CC(C)c1ccc(C=NCCCC(N)(C(=O)O)C(F)F)cc1.NC(CCCN=Cc1ccc2ccccc2c1)(C(=O)O)C(F)F. The zero-order chi connectivity index (χ0) is 33.6. The number of carboxylic acids is 2. The van der Waals surface area contributed by atoms with E-state index in [2.05, 4.69) is 23.8 Å². The molecule has 0 saturated carbocycles. The van der Waals surface area contributed by atoms with Crippen molar-refractivity contribution >= 4 is 35.1 Å². The lowest BCUT2D eigenvalue weighted by Gasteiger charge is -2.22. The summed E-state index contributed by atoms with van der Waals surface area (Å²) in [6, 6.07) is 21.7. The largest absolute Gasteiger partial charge is 0.480 e. The third-order valence-electron chi connectivity index (χ3n) is 7.19. The van der Waals surface area contributed by atoms with Gasteiger partial charge in [-0.05, 0) is 65.1 Å². The van der Waals surface area contributed by atoms with Gasteiger partial charge in [0.2, 0.25) is 0 Å². The summed E-state index contributed by atoms with van der Waals surface area (Å²) in [6.45, 7) is 4.71. The number of aliphatic imine (C=N–C) groups is 2. The molecule has 0 saturated heterocycles. The van der Waals surface area contributed by atoms with Crippen LogP contribution in [0.15, 0.2) is 76.7 Å². The predicted molar refractivity (Wildman–Crippen MR) is 169 cm³/mol. The van der Waals surface area contributed by atoms with Crippen LogP contribution in [0.5, 0.6) is 0 Å². The van der Waals surface area contributed by atoms with E-state index in [-0.39, 0.29) is 38.8 Å². The van der Waals surface area contributed by atoms with Gasteiger partial charge in [0, 0.05) is 25.5 Å². The third-order valence-corrected chi connectivity index (χ3v) is 7.19.